The first-order valence-corrected chi connectivity index (χ1v) is 8.69. The van der Waals surface area contributed by atoms with Crippen LogP contribution in [0.4, 0.5) is 0 Å². The monoisotopic (exact) mass is 327 g/mol. The molecule has 1 fully saturated rings. The number of carbonyl (C=O) groups excluding carboxylic acids is 1. The standard InChI is InChI=1S/C19H25N3O2/c23-19(9-8-16-5-4-12-24-14-16)21-18(13-22-11-10-20-15-22)17-6-2-1-3-7-17/h1-3,6-7,10-11,15-16,18H,4-5,8-9,12-14H2,(H,21,23). The molecule has 0 radical (unpaired) electrons. The molecule has 1 aromatic heterocycles. The van der Waals surface area contributed by atoms with Gasteiger partial charge in [0.2, 0.25) is 5.91 Å². The number of benzene rings is 1. The quantitative estimate of drug-likeness (QED) is 0.850. The first-order chi connectivity index (χ1) is 11.8. The van der Waals surface area contributed by atoms with E-state index in [9.17, 15) is 4.79 Å². The van der Waals surface area contributed by atoms with Crippen molar-refractivity contribution in [2.75, 3.05) is 13.2 Å². The Morgan fingerprint density at radius 2 is 2.25 bits per heavy atom. The number of rotatable bonds is 7. The molecule has 2 heterocycles. The average Bonchev–Trinajstić information content (AvgIpc) is 3.14. The van der Waals surface area contributed by atoms with Gasteiger partial charge in [0, 0.05) is 38.6 Å². The van der Waals surface area contributed by atoms with Crippen molar-refractivity contribution in [2.45, 2.75) is 38.3 Å². The molecule has 1 aromatic carbocycles. The summed E-state index contributed by atoms with van der Waals surface area (Å²) in [4.78, 5) is 16.5. The van der Waals surface area contributed by atoms with Gasteiger partial charge in [-0.1, -0.05) is 30.3 Å². The van der Waals surface area contributed by atoms with Crippen LogP contribution < -0.4 is 5.32 Å². The molecule has 24 heavy (non-hydrogen) atoms. The summed E-state index contributed by atoms with van der Waals surface area (Å²) in [5.41, 5.74) is 1.11. The van der Waals surface area contributed by atoms with Crippen molar-refractivity contribution in [3.63, 3.8) is 0 Å². The molecule has 1 aliphatic heterocycles. The van der Waals surface area contributed by atoms with Crippen LogP contribution >= 0.6 is 0 Å². The van der Waals surface area contributed by atoms with Gasteiger partial charge >= 0.3 is 0 Å². The minimum absolute atomic E-state index is 0.0458. The van der Waals surface area contributed by atoms with Gasteiger partial charge in [-0.25, -0.2) is 4.98 Å². The molecule has 0 spiro atoms. The maximum atomic E-state index is 12.4. The first-order valence-electron chi connectivity index (χ1n) is 8.69. The fourth-order valence-electron chi connectivity index (χ4n) is 3.16. The van der Waals surface area contributed by atoms with Gasteiger partial charge in [-0.05, 0) is 30.7 Å². The zero-order valence-electron chi connectivity index (χ0n) is 13.9. The van der Waals surface area contributed by atoms with E-state index < -0.39 is 0 Å². The third-order valence-corrected chi connectivity index (χ3v) is 4.52. The Kier molecular flexibility index (Phi) is 6.01. The summed E-state index contributed by atoms with van der Waals surface area (Å²) in [7, 11) is 0. The van der Waals surface area contributed by atoms with Crippen LogP contribution in [0.25, 0.3) is 0 Å². The van der Waals surface area contributed by atoms with Gasteiger partial charge in [0.1, 0.15) is 0 Å². The second-order valence-electron chi connectivity index (χ2n) is 6.41. The van der Waals surface area contributed by atoms with Gasteiger partial charge in [-0.3, -0.25) is 4.79 Å². The summed E-state index contributed by atoms with van der Waals surface area (Å²) in [5, 5.41) is 3.18. The van der Waals surface area contributed by atoms with E-state index in [2.05, 4.69) is 22.4 Å². The molecule has 1 amide bonds. The van der Waals surface area contributed by atoms with E-state index >= 15 is 0 Å². The zero-order valence-corrected chi connectivity index (χ0v) is 13.9. The summed E-state index contributed by atoms with van der Waals surface area (Å²) in [6.45, 7) is 2.34. The lowest BCUT2D eigenvalue weighted by atomic mass is 9.96. The number of ether oxygens (including phenoxy) is 1. The molecular formula is C19H25N3O2. The van der Waals surface area contributed by atoms with E-state index in [4.69, 9.17) is 4.74 Å². The van der Waals surface area contributed by atoms with Gasteiger partial charge in [0.15, 0.2) is 0 Å². The Morgan fingerprint density at radius 1 is 1.38 bits per heavy atom. The molecule has 2 atom stereocenters. The van der Waals surface area contributed by atoms with Crippen LogP contribution in [0.2, 0.25) is 0 Å². The number of hydrogen-bond donors (Lipinski definition) is 1. The Balaban J connectivity index is 1.57. The highest BCUT2D eigenvalue weighted by atomic mass is 16.5. The highest BCUT2D eigenvalue weighted by molar-refractivity contribution is 5.76. The molecule has 1 aliphatic rings. The van der Waals surface area contributed by atoms with Crippen molar-refractivity contribution in [2.24, 2.45) is 5.92 Å². The summed E-state index contributed by atoms with van der Waals surface area (Å²) in [6, 6.07) is 10.1. The third-order valence-electron chi connectivity index (χ3n) is 4.52. The third kappa shape index (κ3) is 4.93. The molecule has 0 bridgehead atoms. The van der Waals surface area contributed by atoms with E-state index in [0.717, 1.165) is 31.6 Å². The predicted octanol–water partition coefficient (Wildman–Crippen LogP) is 2.95. The molecule has 5 nitrogen and oxygen atoms in total. The van der Waals surface area contributed by atoms with Crippen LogP contribution in [0, 0.1) is 5.92 Å². The highest BCUT2D eigenvalue weighted by Gasteiger charge is 2.18. The van der Waals surface area contributed by atoms with E-state index in [1.54, 1.807) is 12.5 Å². The Morgan fingerprint density at radius 3 is 2.96 bits per heavy atom. The van der Waals surface area contributed by atoms with E-state index in [1.807, 2.05) is 29.0 Å². The number of imidazole rings is 1. The SMILES string of the molecule is O=C(CCC1CCCOC1)NC(Cn1ccnc1)c1ccccc1. The Hall–Kier alpha value is -2.14. The van der Waals surface area contributed by atoms with Crippen molar-refractivity contribution < 1.29 is 9.53 Å². The summed E-state index contributed by atoms with van der Waals surface area (Å²) in [6.07, 6.45) is 9.19. The second-order valence-corrected chi connectivity index (χ2v) is 6.41. The fraction of sp³-hybridized carbons (Fsp3) is 0.474. The van der Waals surface area contributed by atoms with Gasteiger partial charge in [0.05, 0.1) is 12.4 Å². The minimum atomic E-state index is -0.0458. The predicted molar refractivity (Wildman–Crippen MR) is 92.3 cm³/mol. The molecule has 0 aliphatic carbocycles. The fourth-order valence-corrected chi connectivity index (χ4v) is 3.16. The molecule has 1 saturated heterocycles. The van der Waals surface area contributed by atoms with Crippen LogP contribution in [-0.2, 0) is 16.1 Å². The largest absolute Gasteiger partial charge is 0.381 e. The Labute approximate surface area is 143 Å². The van der Waals surface area contributed by atoms with Crippen molar-refractivity contribution >= 4 is 5.91 Å². The van der Waals surface area contributed by atoms with Gasteiger partial charge in [-0.15, -0.1) is 0 Å². The van der Waals surface area contributed by atoms with Gasteiger partial charge in [-0.2, -0.15) is 0 Å². The number of carbonyl (C=O) groups is 1. The molecular weight excluding hydrogens is 302 g/mol. The topological polar surface area (TPSA) is 56.1 Å². The molecule has 3 rings (SSSR count). The molecule has 2 unspecified atom stereocenters. The summed E-state index contributed by atoms with van der Waals surface area (Å²) >= 11 is 0. The van der Waals surface area contributed by atoms with Gasteiger partial charge < -0.3 is 14.6 Å². The summed E-state index contributed by atoms with van der Waals surface area (Å²) < 4.78 is 7.49. The van der Waals surface area contributed by atoms with Crippen LogP contribution in [-0.4, -0.2) is 28.7 Å². The molecule has 5 heteroatoms. The van der Waals surface area contributed by atoms with Crippen molar-refractivity contribution in [3.8, 4) is 0 Å². The lowest BCUT2D eigenvalue weighted by Crippen LogP contribution is -2.31. The lowest BCUT2D eigenvalue weighted by molar-refractivity contribution is -0.122. The maximum Gasteiger partial charge on any atom is 0.220 e. The molecule has 1 N–H and O–H groups in total. The number of amides is 1. The maximum absolute atomic E-state index is 12.4. The lowest BCUT2D eigenvalue weighted by Gasteiger charge is -2.23. The summed E-state index contributed by atoms with van der Waals surface area (Å²) in [5.74, 6) is 0.628. The second kappa shape index (κ2) is 8.64. The van der Waals surface area contributed by atoms with Gasteiger partial charge in [0.25, 0.3) is 0 Å². The van der Waals surface area contributed by atoms with Crippen LogP contribution in [0.15, 0.2) is 49.1 Å². The molecule has 128 valence electrons. The van der Waals surface area contributed by atoms with Crippen molar-refractivity contribution in [3.05, 3.63) is 54.6 Å². The molecule has 0 saturated carbocycles. The highest BCUT2D eigenvalue weighted by Crippen LogP contribution is 2.20. The van der Waals surface area contributed by atoms with Crippen molar-refractivity contribution in [1.82, 2.24) is 14.9 Å². The first kappa shape index (κ1) is 16.7. The smallest absolute Gasteiger partial charge is 0.220 e. The average molecular weight is 327 g/mol. The van der Waals surface area contributed by atoms with Crippen molar-refractivity contribution in [1.29, 1.82) is 0 Å². The zero-order chi connectivity index (χ0) is 16.6. The normalized spacial score (nSPS) is 18.9. The number of nitrogens with zero attached hydrogens (tertiary/aromatic N) is 2. The van der Waals surface area contributed by atoms with Crippen LogP contribution in [0.3, 0.4) is 0 Å². The number of nitrogens with one attached hydrogen (secondary N) is 1. The van der Waals surface area contributed by atoms with Crippen LogP contribution in [0.5, 0.6) is 0 Å². The van der Waals surface area contributed by atoms with Crippen LogP contribution in [0.1, 0.15) is 37.3 Å². The number of aromatic nitrogens is 2. The number of hydrogen-bond acceptors (Lipinski definition) is 3. The van der Waals surface area contributed by atoms with E-state index in [0.29, 0.717) is 18.9 Å². The van der Waals surface area contributed by atoms with E-state index in [1.165, 1.54) is 6.42 Å². The van der Waals surface area contributed by atoms with E-state index in [-0.39, 0.29) is 11.9 Å². The minimum Gasteiger partial charge on any atom is -0.381 e. The molecule has 2 aromatic rings. The Bertz CT molecular complexity index is 607.